The number of thioether (sulfide) groups is 1. The molecule has 3 rings (SSSR count). The molecule has 0 amide bonds. The summed E-state index contributed by atoms with van der Waals surface area (Å²) in [6.45, 7) is 0.898. The Morgan fingerprint density at radius 1 is 1.11 bits per heavy atom. The first-order chi connectivity index (χ1) is 8.86. The lowest BCUT2D eigenvalue weighted by Crippen LogP contribution is -2.28. The van der Waals surface area contributed by atoms with E-state index in [-0.39, 0.29) is 0 Å². The summed E-state index contributed by atoms with van der Waals surface area (Å²) in [6, 6.07) is 8.91. The first-order valence-corrected chi connectivity index (χ1v) is 8.19. The van der Waals surface area contributed by atoms with Crippen molar-refractivity contribution in [3.8, 4) is 0 Å². The van der Waals surface area contributed by atoms with E-state index in [1.165, 1.54) is 43.4 Å². The molecule has 0 saturated heterocycles. The minimum absolute atomic E-state index is 0.795. The van der Waals surface area contributed by atoms with Gasteiger partial charge in [0, 0.05) is 10.1 Å². The second-order valence-electron chi connectivity index (χ2n) is 5.83. The first kappa shape index (κ1) is 12.6. The third kappa shape index (κ3) is 2.60. The van der Waals surface area contributed by atoms with Crippen LogP contribution in [-0.2, 0) is 6.42 Å². The van der Waals surface area contributed by atoms with Crippen LogP contribution >= 0.6 is 11.8 Å². The van der Waals surface area contributed by atoms with Crippen LogP contribution in [0.5, 0.6) is 0 Å². The van der Waals surface area contributed by atoms with E-state index < -0.39 is 0 Å². The molecule has 0 radical (unpaired) electrons. The van der Waals surface area contributed by atoms with E-state index in [0.717, 1.165) is 23.6 Å². The van der Waals surface area contributed by atoms with Crippen molar-refractivity contribution < 1.29 is 0 Å². The van der Waals surface area contributed by atoms with Gasteiger partial charge in [-0.05, 0) is 49.3 Å². The fraction of sp³-hybridized carbons (Fsp3) is 0.625. The molecule has 0 spiro atoms. The van der Waals surface area contributed by atoms with E-state index in [4.69, 9.17) is 5.73 Å². The van der Waals surface area contributed by atoms with E-state index >= 15 is 0 Å². The van der Waals surface area contributed by atoms with Gasteiger partial charge in [0.1, 0.15) is 0 Å². The van der Waals surface area contributed by atoms with Crippen molar-refractivity contribution >= 4 is 11.8 Å². The molecule has 2 N–H and O–H groups in total. The molecule has 1 fully saturated rings. The van der Waals surface area contributed by atoms with Crippen LogP contribution in [0.3, 0.4) is 0 Å². The summed E-state index contributed by atoms with van der Waals surface area (Å²) < 4.78 is 0. The maximum atomic E-state index is 5.95. The summed E-state index contributed by atoms with van der Waals surface area (Å²) >= 11 is 2.10. The monoisotopic (exact) mass is 261 g/mol. The standard InChI is InChI=1S/C16H23NS/c17-11-14-7-2-1-5-12(14)9-15-10-13-6-3-4-8-16(13)18-15/h3-4,6,8,12,14-15H,1-2,5,7,9-11,17H2. The van der Waals surface area contributed by atoms with Crippen LogP contribution in [0.15, 0.2) is 29.2 Å². The van der Waals surface area contributed by atoms with E-state index in [2.05, 4.69) is 36.0 Å². The van der Waals surface area contributed by atoms with Gasteiger partial charge in [-0.25, -0.2) is 0 Å². The Morgan fingerprint density at radius 3 is 2.67 bits per heavy atom. The van der Waals surface area contributed by atoms with Crippen molar-refractivity contribution in [1.82, 2.24) is 0 Å². The molecule has 1 nitrogen and oxygen atoms in total. The van der Waals surface area contributed by atoms with E-state index in [9.17, 15) is 0 Å². The Kier molecular flexibility index (Phi) is 3.95. The van der Waals surface area contributed by atoms with E-state index in [1.54, 1.807) is 5.56 Å². The van der Waals surface area contributed by atoms with Crippen LogP contribution in [0.25, 0.3) is 0 Å². The number of rotatable bonds is 3. The topological polar surface area (TPSA) is 26.0 Å². The summed E-state index contributed by atoms with van der Waals surface area (Å²) in [5, 5.41) is 0.805. The zero-order chi connectivity index (χ0) is 12.4. The second-order valence-corrected chi connectivity index (χ2v) is 7.17. The molecule has 1 aliphatic heterocycles. The van der Waals surface area contributed by atoms with Crippen molar-refractivity contribution in [2.24, 2.45) is 17.6 Å². The lowest BCUT2D eigenvalue weighted by molar-refractivity contribution is 0.229. The van der Waals surface area contributed by atoms with Gasteiger partial charge >= 0.3 is 0 Å². The van der Waals surface area contributed by atoms with Crippen LogP contribution in [0.4, 0.5) is 0 Å². The number of hydrogen-bond acceptors (Lipinski definition) is 2. The zero-order valence-corrected chi connectivity index (χ0v) is 11.8. The van der Waals surface area contributed by atoms with Gasteiger partial charge in [0.25, 0.3) is 0 Å². The molecule has 1 heterocycles. The summed E-state index contributed by atoms with van der Waals surface area (Å²) in [7, 11) is 0. The average molecular weight is 261 g/mol. The van der Waals surface area contributed by atoms with Crippen LogP contribution in [-0.4, -0.2) is 11.8 Å². The fourth-order valence-corrected chi connectivity index (χ4v) is 5.05. The smallest absolute Gasteiger partial charge is 0.0138 e. The lowest BCUT2D eigenvalue weighted by Gasteiger charge is -2.32. The SMILES string of the molecule is NCC1CCCCC1CC1Cc2ccccc2S1. The van der Waals surface area contributed by atoms with Crippen LogP contribution in [0.2, 0.25) is 0 Å². The van der Waals surface area contributed by atoms with Gasteiger partial charge in [-0.2, -0.15) is 0 Å². The highest BCUT2D eigenvalue weighted by Crippen LogP contribution is 2.42. The minimum Gasteiger partial charge on any atom is -0.330 e. The number of nitrogens with two attached hydrogens (primary N) is 1. The van der Waals surface area contributed by atoms with E-state index in [0.29, 0.717) is 0 Å². The quantitative estimate of drug-likeness (QED) is 0.894. The van der Waals surface area contributed by atoms with Gasteiger partial charge in [0.05, 0.1) is 0 Å². The highest BCUT2D eigenvalue weighted by Gasteiger charge is 2.29. The molecular weight excluding hydrogens is 238 g/mol. The van der Waals surface area contributed by atoms with Crippen molar-refractivity contribution in [3.05, 3.63) is 29.8 Å². The third-order valence-corrected chi connectivity index (χ3v) is 5.99. The van der Waals surface area contributed by atoms with Crippen molar-refractivity contribution in [2.75, 3.05) is 6.54 Å². The van der Waals surface area contributed by atoms with Crippen molar-refractivity contribution in [2.45, 2.75) is 48.7 Å². The first-order valence-electron chi connectivity index (χ1n) is 7.31. The largest absolute Gasteiger partial charge is 0.330 e. The zero-order valence-electron chi connectivity index (χ0n) is 11.0. The Hall–Kier alpha value is -0.470. The molecule has 2 aliphatic rings. The van der Waals surface area contributed by atoms with E-state index in [1.807, 2.05) is 0 Å². The molecule has 3 atom stereocenters. The molecule has 1 aromatic carbocycles. The number of benzene rings is 1. The summed E-state index contributed by atoms with van der Waals surface area (Å²) in [4.78, 5) is 1.52. The molecule has 3 unspecified atom stereocenters. The molecule has 1 aromatic rings. The van der Waals surface area contributed by atoms with Crippen molar-refractivity contribution in [1.29, 1.82) is 0 Å². The molecule has 1 aliphatic carbocycles. The Morgan fingerprint density at radius 2 is 1.89 bits per heavy atom. The highest BCUT2D eigenvalue weighted by molar-refractivity contribution is 8.00. The molecule has 1 saturated carbocycles. The Bertz CT molecular complexity index is 379. The van der Waals surface area contributed by atoms with Gasteiger partial charge < -0.3 is 5.73 Å². The van der Waals surface area contributed by atoms with Gasteiger partial charge in [-0.3, -0.25) is 0 Å². The maximum absolute atomic E-state index is 5.95. The number of hydrogen-bond donors (Lipinski definition) is 1. The number of fused-ring (bicyclic) bond motifs is 1. The second kappa shape index (κ2) is 5.66. The Labute approximate surface area is 115 Å². The molecule has 98 valence electrons. The predicted molar refractivity (Wildman–Crippen MR) is 78.9 cm³/mol. The van der Waals surface area contributed by atoms with Gasteiger partial charge in [0.15, 0.2) is 0 Å². The van der Waals surface area contributed by atoms with Crippen LogP contribution < -0.4 is 5.73 Å². The predicted octanol–water partition coefficient (Wildman–Crippen LogP) is 3.86. The van der Waals surface area contributed by atoms with Crippen LogP contribution in [0.1, 0.15) is 37.7 Å². The molecular formula is C16H23NS. The highest BCUT2D eigenvalue weighted by atomic mass is 32.2. The normalized spacial score (nSPS) is 31.3. The molecule has 0 bridgehead atoms. The fourth-order valence-electron chi connectivity index (χ4n) is 3.63. The summed E-state index contributed by atoms with van der Waals surface area (Å²) in [5.74, 6) is 1.68. The summed E-state index contributed by atoms with van der Waals surface area (Å²) in [6.07, 6.45) is 8.25. The molecule has 0 aromatic heterocycles. The minimum atomic E-state index is 0.795. The summed E-state index contributed by atoms with van der Waals surface area (Å²) in [5.41, 5.74) is 7.51. The average Bonchev–Trinajstić information content (AvgIpc) is 2.81. The van der Waals surface area contributed by atoms with Gasteiger partial charge in [0.2, 0.25) is 0 Å². The van der Waals surface area contributed by atoms with Crippen LogP contribution in [0, 0.1) is 11.8 Å². The maximum Gasteiger partial charge on any atom is 0.0138 e. The Balaban J connectivity index is 1.61. The molecule has 2 heteroatoms. The molecule has 18 heavy (non-hydrogen) atoms. The lowest BCUT2D eigenvalue weighted by atomic mass is 9.76. The van der Waals surface area contributed by atoms with Crippen molar-refractivity contribution in [3.63, 3.8) is 0 Å². The van der Waals surface area contributed by atoms with Gasteiger partial charge in [-0.15, -0.1) is 11.8 Å². The van der Waals surface area contributed by atoms with Gasteiger partial charge in [-0.1, -0.05) is 37.5 Å². The third-order valence-electron chi connectivity index (χ3n) is 4.65.